The zero-order chi connectivity index (χ0) is 18.0. The smallest absolute Gasteiger partial charge is 0.234 e. The summed E-state index contributed by atoms with van der Waals surface area (Å²) in [6, 6.07) is 12.3. The number of aryl methyl sites for hydroxylation is 3. The number of carbonyl (C=O) groups excluding carboxylic acids is 1. The van der Waals surface area contributed by atoms with Crippen molar-refractivity contribution in [2.75, 3.05) is 11.1 Å². The quantitative estimate of drug-likeness (QED) is 0.668. The first-order valence-corrected chi connectivity index (χ1v) is 8.99. The summed E-state index contributed by atoms with van der Waals surface area (Å²) in [6.07, 6.45) is 0. The number of nitrogens with one attached hydrogen (secondary N) is 1. The van der Waals surface area contributed by atoms with Gasteiger partial charge >= 0.3 is 0 Å². The fraction of sp³-hybridized carbons (Fsp3) is 0.200. The van der Waals surface area contributed by atoms with Crippen molar-refractivity contribution in [3.63, 3.8) is 0 Å². The predicted octanol–water partition coefficient (Wildman–Crippen LogP) is 5.03. The van der Waals surface area contributed by atoms with Crippen molar-refractivity contribution in [3.8, 4) is 0 Å². The molecule has 0 spiro atoms. The van der Waals surface area contributed by atoms with E-state index in [9.17, 15) is 9.18 Å². The average molecular weight is 354 g/mol. The van der Waals surface area contributed by atoms with Crippen LogP contribution in [0.15, 0.2) is 47.5 Å². The van der Waals surface area contributed by atoms with E-state index < -0.39 is 5.82 Å². The van der Waals surface area contributed by atoms with Crippen molar-refractivity contribution in [3.05, 3.63) is 65.0 Å². The molecule has 0 radical (unpaired) electrons. The van der Waals surface area contributed by atoms with Gasteiger partial charge in [0.25, 0.3) is 0 Å². The predicted molar refractivity (Wildman–Crippen MR) is 102 cm³/mol. The Labute approximate surface area is 150 Å². The first-order valence-electron chi connectivity index (χ1n) is 8.00. The molecule has 1 N–H and O–H groups in total. The summed E-state index contributed by atoms with van der Waals surface area (Å²) in [4.78, 5) is 16.8. The highest BCUT2D eigenvalue weighted by atomic mass is 32.2. The molecular weight excluding hydrogens is 335 g/mol. The van der Waals surface area contributed by atoms with Crippen LogP contribution in [-0.4, -0.2) is 16.6 Å². The van der Waals surface area contributed by atoms with Crippen LogP contribution in [0.4, 0.5) is 10.1 Å². The van der Waals surface area contributed by atoms with Gasteiger partial charge in [0.1, 0.15) is 5.82 Å². The Morgan fingerprint density at radius 1 is 1.12 bits per heavy atom. The molecular formula is C20H19FN2OS. The highest BCUT2D eigenvalue weighted by Crippen LogP contribution is 2.27. The number of fused-ring (bicyclic) bond motifs is 1. The van der Waals surface area contributed by atoms with E-state index in [1.165, 1.54) is 23.4 Å². The van der Waals surface area contributed by atoms with Crippen molar-refractivity contribution in [2.24, 2.45) is 0 Å². The van der Waals surface area contributed by atoms with Gasteiger partial charge in [-0.3, -0.25) is 4.79 Å². The molecule has 1 aromatic heterocycles. The summed E-state index contributed by atoms with van der Waals surface area (Å²) in [5.41, 5.74) is 4.64. The SMILES string of the molecule is Cc1ccc2c(C)cc(SCC(=O)Nc3ccccc3F)nc2c1C. The zero-order valence-electron chi connectivity index (χ0n) is 14.4. The summed E-state index contributed by atoms with van der Waals surface area (Å²) < 4.78 is 13.6. The molecule has 0 aliphatic heterocycles. The lowest BCUT2D eigenvalue weighted by molar-refractivity contribution is -0.113. The Morgan fingerprint density at radius 2 is 1.88 bits per heavy atom. The maximum atomic E-state index is 13.6. The molecule has 0 aliphatic carbocycles. The van der Waals surface area contributed by atoms with Gasteiger partial charge in [-0.05, 0) is 55.7 Å². The second-order valence-electron chi connectivity index (χ2n) is 6.00. The van der Waals surface area contributed by atoms with Crippen LogP contribution in [0, 0.1) is 26.6 Å². The molecule has 1 heterocycles. The van der Waals surface area contributed by atoms with Crippen LogP contribution in [0.25, 0.3) is 10.9 Å². The Balaban J connectivity index is 1.76. The molecule has 3 rings (SSSR count). The van der Waals surface area contributed by atoms with Crippen LogP contribution in [0.1, 0.15) is 16.7 Å². The van der Waals surface area contributed by atoms with Crippen molar-refractivity contribution in [1.82, 2.24) is 4.98 Å². The maximum Gasteiger partial charge on any atom is 0.234 e. The summed E-state index contributed by atoms with van der Waals surface area (Å²) >= 11 is 1.35. The zero-order valence-corrected chi connectivity index (χ0v) is 15.2. The van der Waals surface area contributed by atoms with E-state index in [1.807, 2.05) is 13.0 Å². The third-order valence-electron chi connectivity index (χ3n) is 4.19. The number of hydrogen-bond donors (Lipinski definition) is 1. The standard InChI is InChI=1S/C20H19FN2OS/c1-12-8-9-15-13(2)10-19(23-20(15)14(12)3)25-11-18(24)22-17-7-5-4-6-16(17)21/h4-10H,11H2,1-3H3,(H,22,24). The first kappa shape index (κ1) is 17.4. The molecule has 0 atom stereocenters. The van der Waals surface area contributed by atoms with Gasteiger partial charge in [0.05, 0.1) is 22.0 Å². The second-order valence-corrected chi connectivity index (χ2v) is 6.99. The van der Waals surface area contributed by atoms with Gasteiger partial charge in [-0.2, -0.15) is 0 Å². The van der Waals surface area contributed by atoms with E-state index in [0.29, 0.717) is 0 Å². The van der Waals surface area contributed by atoms with Crippen LogP contribution in [0.3, 0.4) is 0 Å². The largest absolute Gasteiger partial charge is 0.323 e. The minimum absolute atomic E-state index is 0.178. The van der Waals surface area contributed by atoms with Gasteiger partial charge in [-0.15, -0.1) is 0 Å². The number of amides is 1. The lowest BCUT2D eigenvalue weighted by Gasteiger charge is -2.10. The topological polar surface area (TPSA) is 42.0 Å². The van der Waals surface area contributed by atoms with E-state index in [1.54, 1.807) is 18.2 Å². The van der Waals surface area contributed by atoms with Crippen LogP contribution < -0.4 is 5.32 Å². The Kier molecular flexibility index (Phi) is 5.04. The highest BCUT2D eigenvalue weighted by Gasteiger charge is 2.10. The molecule has 1 amide bonds. The number of rotatable bonds is 4. The number of thioether (sulfide) groups is 1. The van der Waals surface area contributed by atoms with E-state index in [0.717, 1.165) is 27.1 Å². The molecule has 0 saturated heterocycles. The van der Waals surface area contributed by atoms with E-state index in [-0.39, 0.29) is 17.3 Å². The van der Waals surface area contributed by atoms with Crippen molar-refractivity contribution in [1.29, 1.82) is 0 Å². The fourth-order valence-electron chi connectivity index (χ4n) is 2.63. The van der Waals surface area contributed by atoms with Crippen molar-refractivity contribution >= 4 is 34.3 Å². The molecule has 0 saturated carbocycles. The summed E-state index contributed by atoms with van der Waals surface area (Å²) in [5, 5.41) is 4.51. The number of carbonyl (C=O) groups is 1. The van der Waals surface area contributed by atoms with Gasteiger partial charge in [0, 0.05) is 5.39 Å². The van der Waals surface area contributed by atoms with E-state index in [4.69, 9.17) is 4.98 Å². The molecule has 5 heteroatoms. The number of nitrogens with zero attached hydrogens (tertiary/aromatic N) is 1. The third-order valence-corrected chi connectivity index (χ3v) is 5.10. The Bertz CT molecular complexity index is 956. The summed E-state index contributed by atoms with van der Waals surface area (Å²) in [7, 11) is 0. The Morgan fingerprint density at radius 3 is 2.64 bits per heavy atom. The number of pyridine rings is 1. The van der Waals surface area contributed by atoms with Crippen LogP contribution >= 0.6 is 11.8 Å². The minimum atomic E-state index is -0.438. The fourth-order valence-corrected chi connectivity index (χ4v) is 3.40. The first-order chi connectivity index (χ1) is 12.0. The van der Waals surface area contributed by atoms with E-state index >= 15 is 0 Å². The van der Waals surface area contributed by atoms with Crippen molar-refractivity contribution < 1.29 is 9.18 Å². The normalized spacial score (nSPS) is 10.9. The average Bonchev–Trinajstić information content (AvgIpc) is 2.59. The Hall–Kier alpha value is -2.40. The van der Waals surface area contributed by atoms with Gasteiger partial charge in [-0.1, -0.05) is 36.0 Å². The molecule has 0 aliphatic rings. The molecule has 128 valence electrons. The molecule has 0 fully saturated rings. The lowest BCUT2D eigenvalue weighted by Crippen LogP contribution is -2.15. The van der Waals surface area contributed by atoms with Gasteiger partial charge in [0.15, 0.2) is 0 Å². The monoisotopic (exact) mass is 354 g/mol. The lowest BCUT2D eigenvalue weighted by atomic mass is 10.0. The van der Waals surface area contributed by atoms with Crippen LogP contribution in [-0.2, 0) is 4.79 Å². The summed E-state index contributed by atoms with van der Waals surface area (Å²) in [6.45, 7) is 6.17. The molecule has 3 nitrogen and oxygen atoms in total. The minimum Gasteiger partial charge on any atom is -0.323 e. The molecule has 2 aromatic carbocycles. The maximum absolute atomic E-state index is 13.6. The number of aromatic nitrogens is 1. The molecule has 25 heavy (non-hydrogen) atoms. The van der Waals surface area contributed by atoms with Crippen molar-refractivity contribution in [2.45, 2.75) is 25.8 Å². The molecule has 0 bridgehead atoms. The highest BCUT2D eigenvalue weighted by molar-refractivity contribution is 7.99. The molecule has 0 unspecified atom stereocenters. The number of halogens is 1. The summed E-state index contributed by atoms with van der Waals surface area (Å²) in [5.74, 6) is -0.515. The van der Waals surface area contributed by atoms with E-state index in [2.05, 4.69) is 31.3 Å². The number of benzene rings is 2. The number of hydrogen-bond acceptors (Lipinski definition) is 3. The third kappa shape index (κ3) is 3.82. The van der Waals surface area contributed by atoms with Crippen LogP contribution in [0.5, 0.6) is 0 Å². The second kappa shape index (κ2) is 7.23. The molecule has 3 aromatic rings. The van der Waals surface area contributed by atoms with Crippen LogP contribution in [0.2, 0.25) is 0 Å². The number of para-hydroxylation sites is 1. The van der Waals surface area contributed by atoms with Gasteiger partial charge in [0.2, 0.25) is 5.91 Å². The van der Waals surface area contributed by atoms with Gasteiger partial charge in [-0.25, -0.2) is 9.37 Å². The van der Waals surface area contributed by atoms with Gasteiger partial charge < -0.3 is 5.32 Å². The number of anilines is 1.